The van der Waals surface area contributed by atoms with Crippen molar-refractivity contribution in [3.63, 3.8) is 0 Å². The molecule has 2 N–H and O–H groups in total. The molecule has 0 aliphatic carbocycles. The smallest absolute Gasteiger partial charge is 0.0574 e. The molecule has 0 bridgehead atoms. The van der Waals surface area contributed by atoms with Crippen LogP contribution < -0.4 is 5.73 Å². The third-order valence-electron chi connectivity index (χ3n) is 2.64. The zero-order valence-electron chi connectivity index (χ0n) is 9.33. The molecule has 1 heterocycles. The first-order chi connectivity index (χ1) is 6.63. The van der Waals surface area contributed by atoms with Gasteiger partial charge in [-0.2, -0.15) is 0 Å². The summed E-state index contributed by atoms with van der Waals surface area (Å²) in [6, 6.07) is 6.12. The van der Waals surface area contributed by atoms with Gasteiger partial charge in [0.25, 0.3) is 0 Å². The molecule has 1 aromatic heterocycles. The van der Waals surface area contributed by atoms with Gasteiger partial charge in [0.15, 0.2) is 0 Å². The first-order valence-electron chi connectivity index (χ1n) is 5.32. The number of pyridine rings is 1. The molecular weight excluding hydrogens is 172 g/mol. The molecule has 2 unspecified atom stereocenters. The Bertz CT molecular complexity index is 283. The summed E-state index contributed by atoms with van der Waals surface area (Å²) in [5.74, 6) is 0.673. The Labute approximate surface area is 86.5 Å². The zero-order chi connectivity index (χ0) is 10.6. The van der Waals surface area contributed by atoms with Gasteiger partial charge in [-0.1, -0.05) is 26.3 Å². The minimum Gasteiger partial charge on any atom is -0.323 e. The SMILES string of the molecule is CCC(C)CC(N)c1cccc(C)n1. The molecule has 0 amide bonds. The summed E-state index contributed by atoms with van der Waals surface area (Å²) in [4.78, 5) is 4.44. The molecule has 1 aromatic rings. The van der Waals surface area contributed by atoms with Crippen LogP contribution in [0.4, 0.5) is 0 Å². The van der Waals surface area contributed by atoms with Crippen LogP contribution in [0.25, 0.3) is 0 Å². The third kappa shape index (κ3) is 3.11. The summed E-state index contributed by atoms with van der Waals surface area (Å²) < 4.78 is 0. The Kier molecular flexibility index (Phi) is 4.08. The quantitative estimate of drug-likeness (QED) is 0.796. The van der Waals surface area contributed by atoms with Crippen LogP contribution in [0.2, 0.25) is 0 Å². The fraction of sp³-hybridized carbons (Fsp3) is 0.583. The molecule has 2 atom stereocenters. The van der Waals surface area contributed by atoms with Crippen LogP contribution in [-0.2, 0) is 0 Å². The molecule has 78 valence electrons. The molecule has 0 aliphatic heterocycles. The van der Waals surface area contributed by atoms with E-state index in [1.807, 2.05) is 25.1 Å². The maximum Gasteiger partial charge on any atom is 0.0574 e. The monoisotopic (exact) mass is 192 g/mol. The average Bonchev–Trinajstić information content (AvgIpc) is 2.17. The number of hydrogen-bond acceptors (Lipinski definition) is 2. The summed E-state index contributed by atoms with van der Waals surface area (Å²) in [5.41, 5.74) is 8.14. The molecule has 0 spiro atoms. The van der Waals surface area contributed by atoms with Crippen molar-refractivity contribution in [2.24, 2.45) is 11.7 Å². The highest BCUT2D eigenvalue weighted by Gasteiger charge is 2.10. The van der Waals surface area contributed by atoms with Crippen molar-refractivity contribution < 1.29 is 0 Å². The number of rotatable bonds is 4. The van der Waals surface area contributed by atoms with E-state index in [0.717, 1.165) is 17.8 Å². The van der Waals surface area contributed by atoms with Crippen molar-refractivity contribution in [3.05, 3.63) is 29.6 Å². The summed E-state index contributed by atoms with van der Waals surface area (Å²) in [5, 5.41) is 0. The van der Waals surface area contributed by atoms with Gasteiger partial charge in [0.2, 0.25) is 0 Å². The highest BCUT2D eigenvalue weighted by molar-refractivity contribution is 5.13. The second kappa shape index (κ2) is 5.11. The van der Waals surface area contributed by atoms with Crippen LogP contribution in [0.5, 0.6) is 0 Å². The normalized spacial score (nSPS) is 15.1. The molecule has 14 heavy (non-hydrogen) atoms. The third-order valence-corrected chi connectivity index (χ3v) is 2.64. The lowest BCUT2D eigenvalue weighted by atomic mass is 9.97. The lowest BCUT2D eigenvalue weighted by molar-refractivity contribution is 0.455. The number of hydrogen-bond donors (Lipinski definition) is 1. The molecule has 0 saturated heterocycles. The van der Waals surface area contributed by atoms with Gasteiger partial charge in [-0.05, 0) is 31.4 Å². The number of aromatic nitrogens is 1. The first kappa shape index (κ1) is 11.2. The fourth-order valence-corrected chi connectivity index (χ4v) is 1.49. The Morgan fingerprint density at radius 1 is 1.43 bits per heavy atom. The lowest BCUT2D eigenvalue weighted by Gasteiger charge is -2.15. The van der Waals surface area contributed by atoms with E-state index in [-0.39, 0.29) is 6.04 Å². The van der Waals surface area contributed by atoms with Crippen molar-refractivity contribution in [3.8, 4) is 0 Å². The van der Waals surface area contributed by atoms with Gasteiger partial charge in [0, 0.05) is 11.7 Å². The van der Waals surface area contributed by atoms with Crippen LogP contribution in [0.15, 0.2) is 18.2 Å². The summed E-state index contributed by atoms with van der Waals surface area (Å²) in [6.07, 6.45) is 2.20. The van der Waals surface area contributed by atoms with Gasteiger partial charge >= 0.3 is 0 Å². The molecular formula is C12H20N2. The fourth-order valence-electron chi connectivity index (χ4n) is 1.49. The topological polar surface area (TPSA) is 38.9 Å². The first-order valence-corrected chi connectivity index (χ1v) is 5.32. The highest BCUT2D eigenvalue weighted by atomic mass is 14.8. The van der Waals surface area contributed by atoms with Gasteiger partial charge in [0.1, 0.15) is 0 Å². The molecule has 0 aromatic carbocycles. The number of nitrogens with two attached hydrogens (primary N) is 1. The summed E-state index contributed by atoms with van der Waals surface area (Å²) in [7, 11) is 0. The summed E-state index contributed by atoms with van der Waals surface area (Å²) >= 11 is 0. The van der Waals surface area contributed by atoms with E-state index >= 15 is 0 Å². The van der Waals surface area contributed by atoms with Crippen LogP contribution in [-0.4, -0.2) is 4.98 Å². The number of aryl methyl sites for hydroxylation is 1. The second-order valence-corrected chi connectivity index (χ2v) is 4.06. The molecule has 0 radical (unpaired) electrons. The van der Waals surface area contributed by atoms with Gasteiger partial charge < -0.3 is 5.73 Å². The Hall–Kier alpha value is -0.890. The minimum atomic E-state index is 0.0878. The minimum absolute atomic E-state index is 0.0878. The van der Waals surface area contributed by atoms with E-state index in [9.17, 15) is 0 Å². The Balaban J connectivity index is 2.64. The molecule has 2 heteroatoms. The highest BCUT2D eigenvalue weighted by Crippen LogP contribution is 2.19. The number of nitrogens with zero attached hydrogens (tertiary/aromatic N) is 1. The van der Waals surface area contributed by atoms with Crippen LogP contribution in [0.3, 0.4) is 0 Å². The standard InChI is InChI=1S/C12H20N2/c1-4-9(2)8-11(13)12-7-5-6-10(3)14-12/h5-7,9,11H,4,8,13H2,1-3H3. The lowest BCUT2D eigenvalue weighted by Crippen LogP contribution is -2.15. The van der Waals surface area contributed by atoms with E-state index in [2.05, 4.69) is 18.8 Å². The Morgan fingerprint density at radius 3 is 2.71 bits per heavy atom. The molecule has 0 fully saturated rings. The van der Waals surface area contributed by atoms with E-state index in [1.165, 1.54) is 6.42 Å². The van der Waals surface area contributed by atoms with Crippen molar-refractivity contribution in [2.45, 2.75) is 39.7 Å². The molecule has 0 aliphatic rings. The predicted octanol–water partition coefficient (Wildman–Crippen LogP) is 2.83. The van der Waals surface area contributed by atoms with Crippen molar-refractivity contribution in [2.75, 3.05) is 0 Å². The van der Waals surface area contributed by atoms with E-state index < -0.39 is 0 Å². The second-order valence-electron chi connectivity index (χ2n) is 4.06. The summed E-state index contributed by atoms with van der Waals surface area (Å²) in [6.45, 7) is 6.43. The molecule has 1 rings (SSSR count). The van der Waals surface area contributed by atoms with Crippen LogP contribution in [0.1, 0.15) is 44.1 Å². The van der Waals surface area contributed by atoms with Gasteiger partial charge in [0.05, 0.1) is 5.69 Å². The van der Waals surface area contributed by atoms with Crippen molar-refractivity contribution >= 4 is 0 Å². The Morgan fingerprint density at radius 2 is 2.14 bits per heavy atom. The van der Waals surface area contributed by atoms with Gasteiger partial charge in [-0.3, -0.25) is 4.98 Å². The maximum atomic E-state index is 6.08. The van der Waals surface area contributed by atoms with Gasteiger partial charge in [-0.15, -0.1) is 0 Å². The zero-order valence-corrected chi connectivity index (χ0v) is 9.33. The van der Waals surface area contributed by atoms with Gasteiger partial charge in [-0.25, -0.2) is 0 Å². The van der Waals surface area contributed by atoms with E-state index in [0.29, 0.717) is 5.92 Å². The predicted molar refractivity (Wildman–Crippen MR) is 60.0 cm³/mol. The van der Waals surface area contributed by atoms with Crippen molar-refractivity contribution in [1.29, 1.82) is 0 Å². The van der Waals surface area contributed by atoms with Crippen LogP contribution in [0, 0.1) is 12.8 Å². The van der Waals surface area contributed by atoms with Crippen LogP contribution >= 0.6 is 0 Å². The van der Waals surface area contributed by atoms with E-state index in [4.69, 9.17) is 5.73 Å². The van der Waals surface area contributed by atoms with Crippen molar-refractivity contribution in [1.82, 2.24) is 4.98 Å². The molecule has 2 nitrogen and oxygen atoms in total. The molecule has 0 saturated carbocycles. The average molecular weight is 192 g/mol. The largest absolute Gasteiger partial charge is 0.323 e. The van der Waals surface area contributed by atoms with E-state index in [1.54, 1.807) is 0 Å². The maximum absolute atomic E-state index is 6.08.